The number of carbonyl (C=O) groups excluding carboxylic acids is 1. The first-order chi connectivity index (χ1) is 5.24. The molecule has 0 atom stereocenters. The Balaban J connectivity index is 3.54. The number of rotatable bonds is 5. The molecule has 0 aromatic rings. The maximum absolute atomic E-state index is 10.7. The van der Waals surface area contributed by atoms with E-state index < -0.39 is 0 Å². The predicted octanol–water partition coefficient (Wildman–Crippen LogP) is -0.460. The smallest absolute Gasteiger partial charge is 0.306 e. The number of hydrogen-bond donors (Lipinski definition) is 2. The Kier molecular flexibility index (Phi) is 5.78. The van der Waals surface area contributed by atoms with E-state index in [1.54, 1.807) is 6.92 Å². The van der Waals surface area contributed by atoms with Crippen LogP contribution in [0.3, 0.4) is 0 Å². The molecular formula is C7H14O4. The van der Waals surface area contributed by atoms with Gasteiger partial charge in [-0.1, -0.05) is 0 Å². The van der Waals surface area contributed by atoms with E-state index in [0.717, 1.165) is 0 Å². The molecule has 0 amide bonds. The van der Waals surface area contributed by atoms with E-state index in [1.165, 1.54) is 0 Å². The highest BCUT2D eigenvalue weighted by molar-refractivity contribution is 5.69. The van der Waals surface area contributed by atoms with E-state index in [1.807, 2.05) is 0 Å². The molecule has 0 rings (SSSR count). The summed E-state index contributed by atoms with van der Waals surface area (Å²) >= 11 is 0. The fraction of sp³-hybridized carbons (Fsp3) is 0.857. The minimum atomic E-state index is -0.381. The second-order valence-electron chi connectivity index (χ2n) is 2.24. The van der Waals surface area contributed by atoms with Crippen LogP contribution in [0.4, 0.5) is 0 Å². The molecule has 0 radical (unpaired) electrons. The Hall–Kier alpha value is -0.610. The summed E-state index contributed by atoms with van der Waals surface area (Å²) in [5.74, 6) is -0.755. The third-order valence-electron chi connectivity index (χ3n) is 1.28. The molecule has 11 heavy (non-hydrogen) atoms. The molecule has 0 unspecified atom stereocenters. The van der Waals surface area contributed by atoms with Gasteiger partial charge in [0.2, 0.25) is 0 Å². The molecule has 0 saturated carbocycles. The number of esters is 1. The highest BCUT2D eigenvalue weighted by Gasteiger charge is 2.11. The second-order valence-corrected chi connectivity index (χ2v) is 2.24. The number of carbonyl (C=O) groups is 1. The van der Waals surface area contributed by atoms with Crippen LogP contribution in [-0.4, -0.2) is 36.0 Å². The van der Waals surface area contributed by atoms with Gasteiger partial charge in [0.05, 0.1) is 13.0 Å². The molecule has 0 saturated heterocycles. The standard InChI is InChI=1S/C7H14O4/c1-2-11-7(10)3-6(4-8)5-9/h6,8-9H,2-5H2,1H3. The summed E-state index contributed by atoms with van der Waals surface area (Å²) in [5, 5.41) is 17.2. The van der Waals surface area contributed by atoms with Crippen LogP contribution >= 0.6 is 0 Å². The molecule has 0 heterocycles. The zero-order valence-electron chi connectivity index (χ0n) is 6.62. The average molecular weight is 162 g/mol. The maximum Gasteiger partial charge on any atom is 0.306 e. The second kappa shape index (κ2) is 6.12. The normalized spacial score (nSPS) is 10.2. The van der Waals surface area contributed by atoms with E-state index in [-0.39, 0.29) is 31.5 Å². The summed E-state index contributed by atoms with van der Waals surface area (Å²) in [7, 11) is 0. The minimum Gasteiger partial charge on any atom is -0.466 e. The van der Waals surface area contributed by atoms with Crippen molar-refractivity contribution in [2.45, 2.75) is 13.3 Å². The van der Waals surface area contributed by atoms with Crippen molar-refractivity contribution in [1.29, 1.82) is 0 Å². The van der Waals surface area contributed by atoms with Crippen LogP contribution in [0.25, 0.3) is 0 Å². The molecule has 0 aliphatic heterocycles. The Morgan fingerprint density at radius 2 is 2.00 bits per heavy atom. The highest BCUT2D eigenvalue weighted by atomic mass is 16.5. The van der Waals surface area contributed by atoms with E-state index in [0.29, 0.717) is 6.61 Å². The van der Waals surface area contributed by atoms with Crippen LogP contribution in [0.15, 0.2) is 0 Å². The van der Waals surface area contributed by atoms with Crippen LogP contribution in [0.2, 0.25) is 0 Å². The van der Waals surface area contributed by atoms with Crippen molar-refractivity contribution in [3.05, 3.63) is 0 Å². The zero-order chi connectivity index (χ0) is 8.69. The summed E-state index contributed by atoms with van der Waals surface area (Å²) in [6, 6.07) is 0. The molecule has 2 N–H and O–H groups in total. The zero-order valence-corrected chi connectivity index (χ0v) is 6.62. The van der Waals surface area contributed by atoms with Crippen LogP contribution in [0, 0.1) is 5.92 Å². The van der Waals surface area contributed by atoms with Gasteiger partial charge < -0.3 is 14.9 Å². The molecule has 66 valence electrons. The molecule has 0 aromatic carbocycles. The molecule has 0 aromatic heterocycles. The minimum absolute atomic E-state index is 0.0842. The Morgan fingerprint density at radius 1 is 1.45 bits per heavy atom. The molecule has 0 aliphatic rings. The van der Waals surface area contributed by atoms with E-state index in [2.05, 4.69) is 4.74 Å². The lowest BCUT2D eigenvalue weighted by atomic mass is 10.1. The van der Waals surface area contributed by atoms with Crippen LogP contribution in [0.1, 0.15) is 13.3 Å². The molecule has 4 nitrogen and oxygen atoms in total. The predicted molar refractivity (Wildman–Crippen MR) is 38.9 cm³/mol. The average Bonchev–Trinajstić information content (AvgIpc) is 2.01. The van der Waals surface area contributed by atoms with Crippen LogP contribution in [0.5, 0.6) is 0 Å². The first-order valence-corrected chi connectivity index (χ1v) is 3.61. The Bertz CT molecular complexity index is 109. The third kappa shape index (κ3) is 4.75. The monoisotopic (exact) mass is 162 g/mol. The van der Waals surface area contributed by atoms with Gasteiger partial charge in [0, 0.05) is 19.1 Å². The van der Waals surface area contributed by atoms with Gasteiger partial charge in [-0.05, 0) is 6.92 Å². The maximum atomic E-state index is 10.7. The van der Waals surface area contributed by atoms with Crippen molar-refractivity contribution >= 4 is 5.97 Å². The number of ether oxygens (including phenoxy) is 1. The van der Waals surface area contributed by atoms with Gasteiger partial charge in [0.1, 0.15) is 0 Å². The van der Waals surface area contributed by atoms with Crippen molar-refractivity contribution in [2.75, 3.05) is 19.8 Å². The first kappa shape index (κ1) is 10.4. The first-order valence-electron chi connectivity index (χ1n) is 3.61. The lowest BCUT2D eigenvalue weighted by molar-refractivity contribution is -0.145. The number of hydrogen-bond acceptors (Lipinski definition) is 4. The largest absolute Gasteiger partial charge is 0.466 e. The SMILES string of the molecule is CCOC(=O)CC(CO)CO. The van der Waals surface area contributed by atoms with Gasteiger partial charge >= 0.3 is 5.97 Å². The summed E-state index contributed by atoms with van der Waals surface area (Å²) < 4.78 is 4.61. The molecule has 0 aliphatic carbocycles. The quantitative estimate of drug-likeness (QED) is 0.537. The fourth-order valence-corrected chi connectivity index (χ4v) is 0.642. The van der Waals surface area contributed by atoms with E-state index in [4.69, 9.17) is 10.2 Å². The Morgan fingerprint density at radius 3 is 2.36 bits per heavy atom. The van der Waals surface area contributed by atoms with Gasteiger partial charge in [-0.2, -0.15) is 0 Å². The summed E-state index contributed by atoms with van der Waals surface area (Å²) in [5.41, 5.74) is 0. The van der Waals surface area contributed by atoms with E-state index >= 15 is 0 Å². The van der Waals surface area contributed by atoms with Gasteiger partial charge in [-0.25, -0.2) is 0 Å². The van der Waals surface area contributed by atoms with Crippen LogP contribution in [-0.2, 0) is 9.53 Å². The van der Waals surface area contributed by atoms with Crippen molar-refractivity contribution in [3.8, 4) is 0 Å². The summed E-state index contributed by atoms with van der Waals surface area (Å²) in [6.45, 7) is 1.68. The molecule has 4 heteroatoms. The highest BCUT2D eigenvalue weighted by Crippen LogP contribution is 2.01. The number of aliphatic hydroxyl groups excluding tert-OH is 2. The fourth-order valence-electron chi connectivity index (χ4n) is 0.642. The summed E-state index contributed by atoms with van der Waals surface area (Å²) in [6.07, 6.45) is 0.0842. The van der Waals surface area contributed by atoms with Crippen molar-refractivity contribution in [2.24, 2.45) is 5.92 Å². The van der Waals surface area contributed by atoms with Crippen LogP contribution < -0.4 is 0 Å². The topological polar surface area (TPSA) is 66.8 Å². The molecule has 0 fully saturated rings. The molecule has 0 bridgehead atoms. The lowest BCUT2D eigenvalue weighted by Gasteiger charge is -2.08. The van der Waals surface area contributed by atoms with Gasteiger partial charge in [0.15, 0.2) is 0 Å². The van der Waals surface area contributed by atoms with Crippen molar-refractivity contribution < 1.29 is 19.7 Å². The van der Waals surface area contributed by atoms with Crippen molar-refractivity contribution in [1.82, 2.24) is 0 Å². The van der Waals surface area contributed by atoms with Gasteiger partial charge in [-0.3, -0.25) is 4.79 Å². The lowest BCUT2D eigenvalue weighted by Crippen LogP contribution is -2.17. The number of aliphatic hydroxyl groups is 2. The third-order valence-corrected chi connectivity index (χ3v) is 1.28. The van der Waals surface area contributed by atoms with Crippen molar-refractivity contribution in [3.63, 3.8) is 0 Å². The summed E-state index contributed by atoms with van der Waals surface area (Å²) in [4.78, 5) is 10.7. The molecule has 0 spiro atoms. The van der Waals surface area contributed by atoms with E-state index in [9.17, 15) is 4.79 Å². The molecular weight excluding hydrogens is 148 g/mol. The van der Waals surface area contributed by atoms with Gasteiger partial charge in [0.25, 0.3) is 0 Å². The Labute approximate surface area is 65.8 Å². The van der Waals surface area contributed by atoms with Gasteiger partial charge in [-0.15, -0.1) is 0 Å².